The van der Waals surface area contributed by atoms with E-state index in [1.807, 2.05) is 0 Å². The van der Waals surface area contributed by atoms with Crippen molar-refractivity contribution in [2.45, 2.75) is 12.8 Å². The molecule has 0 bridgehead atoms. The highest BCUT2D eigenvalue weighted by Crippen LogP contribution is 2.41. The minimum Gasteiger partial charge on any atom is -0.204 e. The highest BCUT2D eigenvalue weighted by molar-refractivity contribution is 6.97. The number of rotatable bonds is 2. The summed E-state index contributed by atoms with van der Waals surface area (Å²) in [6.45, 7) is -3.03. The summed E-state index contributed by atoms with van der Waals surface area (Å²) in [5, 5.41) is 0. The number of hydrogen-bond donors (Lipinski definition) is 0. The van der Waals surface area contributed by atoms with Crippen LogP contribution < -0.4 is 10.9 Å². The molecule has 0 atom stereocenters. The van der Waals surface area contributed by atoms with Crippen molar-refractivity contribution in [3.05, 3.63) is 104 Å². The van der Waals surface area contributed by atoms with Gasteiger partial charge in [-0.05, 0) is 12.8 Å². The first-order valence-corrected chi connectivity index (χ1v) is 9.89. The lowest BCUT2D eigenvalue weighted by atomic mass is 9.21. The molecule has 12 heteroatoms. The van der Waals surface area contributed by atoms with Crippen molar-refractivity contribution >= 4 is 24.4 Å². The Bertz CT molecular complexity index is 1250. The van der Waals surface area contributed by atoms with Crippen LogP contribution >= 0.6 is 0 Å². The molecule has 2 aromatic rings. The van der Waals surface area contributed by atoms with Gasteiger partial charge in [0, 0.05) is 10.9 Å². The molecule has 1 aliphatic heterocycles. The Labute approximate surface area is 186 Å². The summed E-state index contributed by atoms with van der Waals surface area (Å²) in [4.78, 5) is 0. The molecule has 5 rings (SSSR count). The van der Waals surface area contributed by atoms with Gasteiger partial charge in [0.25, 0.3) is 0 Å². The Balaban J connectivity index is 1.81. The maximum absolute atomic E-state index is 14.7. The van der Waals surface area contributed by atoms with Crippen molar-refractivity contribution < 1.29 is 43.9 Å². The second-order valence-electron chi connectivity index (χ2n) is 8.01. The van der Waals surface area contributed by atoms with Gasteiger partial charge in [0.05, 0.1) is 0 Å². The minimum absolute atomic E-state index is 0.0281. The maximum atomic E-state index is 14.7. The second kappa shape index (κ2) is 7.68. The van der Waals surface area contributed by atoms with Crippen LogP contribution in [-0.4, -0.2) is 13.4 Å². The van der Waals surface area contributed by atoms with Crippen molar-refractivity contribution in [2.24, 2.45) is 0 Å². The fraction of sp³-hybridized carbons (Fsp3) is 0.0909. The topological polar surface area (TPSA) is 0 Å². The molecule has 0 aromatic heterocycles. The van der Waals surface area contributed by atoms with Crippen LogP contribution in [0.15, 0.2) is 46.2 Å². The van der Waals surface area contributed by atoms with Crippen LogP contribution in [0.2, 0.25) is 0 Å². The van der Waals surface area contributed by atoms with E-state index >= 15 is 0 Å². The summed E-state index contributed by atoms with van der Waals surface area (Å²) in [7, 11) is 0. The van der Waals surface area contributed by atoms with Gasteiger partial charge in [-0.15, -0.1) is 0 Å². The first kappa shape index (κ1) is 22.6. The van der Waals surface area contributed by atoms with E-state index in [2.05, 4.69) is 0 Å². The zero-order chi connectivity index (χ0) is 24.6. The van der Waals surface area contributed by atoms with Crippen LogP contribution in [0.1, 0.15) is 12.8 Å². The summed E-state index contributed by atoms with van der Waals surface area (Å²) in [5.74, 6) is -21.6. The fourth-order valence-corrected chi connectivity index (χ4v) is 4.99. The highest BCUT2D eigenvalue weighted by Gasteiger charge is 2.47. The van der Waals surface area contributed by atoms with Crippen LogP contribution in [0, 0.1) is 58.2 Å². The maximum Gasteiger partial charge on any atom is 0.244 e. The summed E-state index contributed by atoms with van der Waals surface area (Å²) < 4.78 is 142. The normalized spacial score (nSPS) is 16.9. The van der Waals surface area contributed by atoms with E-state index in [1.165, 1.54) is 24.3 Å². The Morgan fingerprint density at radius 1 is 0.412 bits per heavy atom. The third-order valence-electron chi connectivity index (χ3n) is 6.40. The van der Waals surface area contributed by atoms with Gasteiger partial charge in [-0.3, -0.25) is 0 Å². The highest BCUT2D eigenvalue weighted by atomic mass is 19.2. The smallest absolute Gasteiger partial charge is 0.204 e. The van der Waals surface area contributed by atoms with E-state index < -0.39 is 82.5 Å². The molecule has 2 aliphatic carbocycles. The molecule has 0 nitrogen and oxygen atoms in total. The third kappa shape index (κ3) is 2.83. The van der Waals surface area contributed by atoms with E-state index in [-0.39, 0.29) is 34.7 Å². The first-order chi connectivity index (χ1) is 16.1. The molecule has 0 radical (unpaired) electrons. The van der Waals surface area contributed by atoms with E-state index in [1.54, 1.807) is 0 Å². The molecule has 0 fully saturated rings. The average molecular weight is 484 g/mol. The van der Waals surface area contributed by atoms with Crippen LogP contribution in [0.3, 0.4) is 0 Å². The molecule has 1 heterocycles. The van der Waals surface area contributed by atoms with Gasteiger partial charge in [-0.25, -0.2) is 43.9 Å². The third-order valence-corrected chi connectivity index (χ3v) is 6.40. The number of hydrogen-bond acceptors (Lipinski definition) is 0. The quantitative estimate of drug-likeness (QED) is 0.247. The standard InChI is InChI=1S/C22H8B2F10/c25-13-11(14(26)18(30)21(33)17(13)29)23-7-3-1-4-8(7)24(10-6-2-5-9(10)23)12-15(27)19(31)22(34)20(32)16(12)28/h1-3,6H,4-5H2. The molecule has 0 saturated heterocycles. The number of halogens is 10. The predicted molar refractivity (Wildman–Crippen MR) is 105 cm³/mol. The molecule has 0 spiro atoms. The number of benzene rings is 2. The molecule has 0 N–H and O–H groups in total. The van der Waals surface area contributed by atoms with E-state index in [0.29, 0.717) is 0 Å². The van der Waals surface area contributed by atoms with Crippen LogP contribution in [0.5, 0.6) is 0 Å². The lowest BCUT2D eigenvalue weighted by molar-refractivity contribution is 0.384. The van der Waals surface area contributed by atoms with Crippen LogP contribution in [0.25, 0.3) is 0 Å². The largest absolute Gasteiger partial charge is 0.244 e. The molecule has 0 amide bonds. The van der Waals surface area contributed by atoms with Gasteiger partial charge in [-0.2, -0.15) is 0 Å². The monoisotopic (exact) mass is 484 g/mol. The van der Waals surface area contributed by atoms with Crippen molar-refractivity contribution in [3.8, 4) is 0 Å². The Hall–Kier alpha value is -3.17. The molecular formula is C22H8B2F10. The van der Waals surface area contributed by atoms with Gasteiger partial charge in [0.15, 0.2) is 58.2 Å². The Morgan fingerprint density at radius 2 is 0.676 bits per heavy atom. The van der Waals surface area contributed by atoms with E-state index in [0.717, 1.165) is 0 Å². The first-order valence-electron chi connectivity index (χ1n) is 9.89. The zero-order valence-corrected chi connectivity index (χ0v) is 16.7. The summed E-state index contributed by atoms with van der Waals surface area (Å²) in [6.07, 6.45) is 5.20. The lowest BCUT2D eigenvalue weighted by Crippen LogP contribution is -2.50. The predicted octanol–water partition coefficient (Wildman–Crippen LogP) is 4.86. The summed E-state index contributed by atoms with van der Waals surface area (Å²) in [5.41, 5.74) is -2.30. The van der Waals surface area contributed by atoms with Crippen molar-refractivity contribution in [1.82, 2.24) is 0 Å². The van der Waals surface area contributed by atoms with Gasteiger partial charge < -0.3 is 0 Å². The van der Waals surface area contributed by atoms with Crippen molar-refractivity contribution in [3.63, 3.8) is 0 Å². The van der Waals surface area contributed by atoms with E-state index in [4.69, 9.17) is 0 Å². The molecule has 0 saturated carbocycles. The molecule has 34 heavy (non-hydrogen) atoms. The molecule has 0 unspecified atom stereocenters. The second-order valence-corrected chi connectivity index (χ2v) is 8.01. The van der Waals surface area contributed by atoms with Crippen molar-refractivity contribution in [2.75, 3.05) is 0 Å². The number of allylic oxidation sites excluding steroid dienone is 8. The molecule has 3 aliphatic rings. The van der Waals surface area contributed by atoms with Gasteiger partial charge >= 0.3 is 0 Å². The fourth-order valence-electron chi connectivity index (χ4n) is 4.99. The Kier molecular flexibility index (Phi) is 5.11. The minimum atomic E-state index is -2.34. The Morgan fingerprint density at radius 3 is 0.971 bits per heavy atom. The SMILES string of the molecule is Fc1c(F)c(F)c(B2C3=C(CC=C3)B(c3c(F)c(F)c(F)c(F)c3F)C3=C2CC=C3)c(F)c1F. The van der Waals surface area contributed by atoms with Crippen LogP contribution in [-0.2, 0) is 0 Å². The van der Waals surface area contributed by atoms with Gasteiger partial charge in [0.1, 0.15) is 0 Å². The van der Waals surface area contributed by atoms with Crippen LogP contribution in [0.4, 0.5) is 43.9 Å². The summed E-state index contributed by atoms with van der Waals surface area (Å²) >= 11 is 0. The van der Waals surface area contributed by atoms with E-state index in [9.17, 15) is 43.9 Å². The van der Waals surface area contributed by atoms with Gasteiger partial charge in [0.2, 0.25) is 13.4 Å². The summed E-state index contributed by atoms with van der Waals surface area (Å²) in [6, 6.07) is 0. The average Bonchev–Trinajstić information content (AvgIpc) is 3.50. The molecule has 172 valence electrons. The molecule has 2 aromatic carbocycles. The van der Waals surface area contributed by atoms with Crippen molar-refractivity contribution in [1.29, 1.82) is 0 Å². The molecular weight excluding hydrogens is 476 g/mol. The van der Waals surface area contributed by atoms with Gasteiger partial charge in [-0.1, -0.05) is 46.2 Å². The zero-order valence-electron chi connectivity index (χ0n) is 16.7. The lowest BCUT2D eigenvalue weighted by Gasteiger charge is -2.31.